The number of rotatable bonds is 8. The van der Waals surface area contributed by atoms with Crippen LogP contribution in [0.4, 0.5) is 0 Å². The lowest BCUT2D eigenvalue weighted by Gasteiger charge is -2.39. The standard InChI is InChI=1S/C25H36O7/c1-5-7-15(19-10-20(27)25(24(29)31-19)21(6-2)32-25)18-12-30-23-16(18)9-14(8-13(3)4)22(28)17(23)11-26/h9,12-13,15,19-21,24,26-29H,5-8,10-11H2,1-4H3/t15?,19-,20-,21+,24-,25+/m1/s1. The van der Waals surface area contributed by atoms with Crippen molar-refractivity contribution in [3.05, 3.63) is 29.0 Å². The van der Waals surface area contributed by atoms with Gasteiger partial charge in [-0.25, -0.2) is 0 Å². The highest BCUT2D eigenvalue weighted by Gasteiger charge is 2.68. The number of phenols is 1. The van der Waals surface area contributed by atoms with Gasteiger partial charge in [-0.3, -0.25) is 0 Å². The van der Waals surface area contributed by atoms with Crippen molar-refractivity contribution < 1.29 is 34.3 Å². The first-order valence-corrected chi connectivity index (χ1v) is 11.8. The Labute approximate surface area is 189 Å². The molecule has 0 radical (unpaired) electrons. The van der Waals surface area contributed by atoms with Crippen LogP contribution in [-0.4, -0.2) is 50.6 Å². The number of aromatic hydroxyl groups is 1. The summed E-state index contributed by atoms with van der Waals surface area (Å²) in [7, 11) is 0. The lowest BCUT2D eigenvalue weighted by Crippen LogP contribution is -2.53. The third-order valence-corrected chi connectivity index (χ3v) is 7.11. The molecule has 3 heterocycles. The Morgan fingerprint density at radius 1 is 1.22 bits per heavy atom. The van der Waals surface area contributed by atoms with Gasteiger partial charge < -0.3 is 34.3 Å². The summed E-state index contributed by atoms with van der Waals surface area (Å²) < 4.78 is 17.6. The van der Waals surface area contributed by atoms with Crippen molar-refractivity contribution >= 4 is 11.0 Å². The SMILES string of the molecule is CCCC(c1coc2c(CO)c(O)c(CC(C)C)cc12)[C@H]1C[C@@H](O)[C@@]2(O[C@H]2CC)[C@H](O)O1. The van der Waals surface area contributed by atoms with Crippen molar-refractivity contribution in [1.29, 1.82) is 0 Å². The molecule has 178 valence electrons. The molecule has 7 nitrogen and oxygen atoms in total. The summed E-state index contributed by atoms with van der Waals surface area (Å²) in [6.07, 6.45) is 2.46. The van der Waals surface area contributed by atoms with E-state index in [4.69, 9.17) is 13.9 Å². The van der Waals surface area contributed by atoms with E-state index in [9.17, 15) is 20.4 Å². The van der Waals surface area contributed by atoms with E-state index < -0.39 is 24.1 Å². The van der Waals surface area contributed by atoms with Gasteiger partial charge in [-0.05, 0) is 36.8 Å². The minimum atomic E-state index is -1.19. The summed E-state index contributed by atoms with van der Waals surface area (Å²) >= 11 is 0. The monoisotopic (exact) mass is 448 g/mol. The number of hydrogen-bond acceptors (Lipinski definition) is 7. The van der Waals surface area contributed by atoms with Crippen molar-refractivity contribution in [1.82, 2.24) is 0 Å². The minimum absolute atomic E-state index is 0.0832. The Morgan fingerprint density at radius 3 is 2.53 bits per heavy atom. The highest BCUT2D eigenvalue weighted by molar-refractivity contribution is 5.87. The quantitative estimate of drug-likeness (QED) is 0.455. The second-order valence-electron chi connectivity index (χ2n) is 9.73. The van der Waals surface area contributed by atoms with Gasteiger partial charge in [0.2, 0.25) is 0 Å². The first-order chi connectivity index (χ1) is 15.3. The summed E-state index contributed by atoms with van der Waals surface area (Å²) in [5.74, 6) is 0.296. The highest BCUT2D eigenvalue weighted by atomic mass is 16.7. The van der Waals surface area contributed by atoms with Crippen LogP contribution in [0.1, 0.15) is 76.0 Å². The van der Waals surface area contributed by atoms with Gasteiger partial charge in [0, 0.05) is 23.3 Å². The lowest BCUT2D eigenvalue weighted by molar-refractivity contribution is -0.236. The first kappa shape index (κ1) is 23.5. The average Bonchev–Trinajstić information content (AvgIpc) is 3.36. The van der Waals surface area contributed by atoms with Crippen molar-refractivity contribution in [2.24, 2.45) is 5.92 Å². The first-order valence-electron chi connectivity index (χ1n) is 11.8. The molecule has 0 bridgehead atoms. The molecule has 0 amide bonds. The number of epoxide rings is 1. The molecule has 1 unspecified atom stereocenters. The molecule has 2 saturated heterocycles. The van der Waals surface area contributed by atoms with Gasteiger partial charge in [-0.15, -0.1) is 0 Å². The summed E-state index contributed by atoms with van der Waals surface area (Å²) in [4.78, 5) is 0. The zero-order chi connectivity index (χ0) is 23.2. The number of aliphatic hydroxyl groups is 3. The van der Waals surface area contributed by atoms with E-state index in [0.29, 0.717) is 36.3 Å². The molecule has 4 rings (SSSR count). The molecule has 6 atom stereocenters. The molecule has 1 aromatic carbocycles. The van der Waals surface area contributed by atoms with E-state index in [1.54, 1.807) is 6.26 Å². The number of furan rings is 1. The second kappa shape index (κ2) is 8.95. The van der Waals surface area contributed by atoms with Gasteiger partial charge in [0.05, 0.1) is 36.7 Å². The van der Waals surface area contributed by atoms with Gasteiger partial charge in [0.25, 0.3) is 0 Å². The summed E-state index contributed by atoms with van der Waals surface area (Å²) in [6, 6.07) is 1.94. The molecule has 7 heteroatoms. The maximum absolute atomic E-state index is 10.9. The van der Waals surface area contributed by atoms with Gasteiger partial charge in [-0.2, -0.15) is 0 Å². The molecule has 0 saturated carbocycles. The predicted molar refractivity (Wildman–Crippen MR) is 119 cm³/mol. The average molecular weight is 449 g/mol. The van der Waals surface area contributed by atoms with Crippen LogP contribution in [0.2, 0.25) is 0 Å². The van der Waals surface area contributed by atoms with Crippen molar-refractivity contribution in [3.8, 4) is 5.75 Å². The Bertz CT molecular complexity index is 937. The van der Waals surface area contributed by atoms with E-state index in [1.807, 2.05) is 13.0 Å². The fourth-order valence-electron chi connectivity index (χ4n) is 5.47. The molecule has 32 heavy (non-hydrogen) atoms. The number of ether oxygens (including phenoxy) is 2. The summed E-state index contributed by atoms with van der Waals surface area (Å²) in [6.45, 7) is 7.88. The van der Waals surface area contributed by atoms with Crippen LogP contribution < -0.4 is 0 Å². The van der Waals surface area contributed by atoms with Gasteiger partial charge in [0.1, 0.15) is 11.3 Å². The van der Waals surface area contributed by atoms with E-state index in [2.05, 4.69) is 20.8 Å². The zero-order valence-corrected chi connectivity index (χ0v) is 19.4. The molecule has 2 aliphatic heterocycles. The lowest BCUT2D eigenvalue weighted by atomic mass is 9.80. The molecule has 0 aliphatic carbocycles. The highest BCUT2D eigenvalue weighted by Crippen LogP contribution is 2.51. The van der Waals surface area contributed by atoms with Crippen molar-refractivity contribution in [2.75, 3.05) is 0 Å². The van der Waals surface area contributed by atoms with Crippen LogP contribution in [0.25, 0.3) is 11.0 Å². The Balaban J connectivity index is 1.72. The molecule has 1 spiro atoms. The second-order valence-corrected chi connectivity index (χ2v) is 9.73. The molecular weight excluding hydrogens is 412 g/mol. The molecule has 2 aromatic rings. The Hall–Kier alpha value is -1.64. The predicted octanol–water partition coefficient (Wildman–Crippen LogP) is 3.73. The number of fused-ring (bicyclic) bond motifs is 1. The van der Waals surface area contributed by atoms with Crippen LogP contribution in [0, 0.1) is 5.92 Å². The van der Waals surface area contributed by atoms with Gasteiger partial charge in [0.15, 0.2) is 11.9 Å². The number of benzene rings is 1. The van der Waals surface area contributed by atoms with E-state index >= 15 is 0 Å². The third kappa shape index (κ3) is 3.74. The maximum atomic E-state index is 10.9. The fourth-order valence-corrected chi connectivity index (χ4v) is 5.47. The van der Waals surface area contributed by atoms with Crippen LogP contribution in [0.5, 0.6) is 5.75 Å². The molecule has 2 fully saturated rings. The van der Waals surface area contributed by atoms with Crippen LogP contribution in [-0.2, 0) is 22.5 Å². The molecular formula is C25H36O7. The van der Waals surface area contributed by atoms with E-state index in [-0.39, 0.29) is 24.4 Å². The Kier molecular flexibility index (Phi) is 6.58. The molecule has 4 N–H and O–H groups in total. The molecule has 2 aliphatic rings. The van der Waals surface area contributed by atoms with Crippen molar-refractivity contribution in [2.45, 2.75) is 103 Å². The van der Waals surface area contributed by atoms with Crippen molar-refractivity contribution in [3.63, 3.8) is 0 Å². The van der Waals surface area contributed by atoms with E-state index in [1.165, 1.54) is 0 Å². The fraction of sp³-hybridized carbons (Fsp3) is 0.680. The van der Waals surface area contributed by atoms with Crippen LogP contribution in [0.3, 0.4) is 0 Å². The summed E-state index contributed by atoms with van der Waals surface area (Å²) in [5, 5.41) is 43.1. The van der Waals surface area contributed by atoms with Crippen LogP contribution >= 0.6 is 0 Å². The third-order valence-electron chi connectivity index (χ3n) is 7.11. The molecule has 1 aromatic heterocycles. The van der Waals surface area contributed by atoms with E-state index in [0.717, 1.165) is 29.4 Å². The number of hydrogen-bond donors (Lipinski definition) is 4. The topological polar surface area (TPSA) is 116 Å². The minimum Gasteiger partial charge on any atom is -0.507 e. The maximum Gasteiger partial charge on any atom is 0.189 e. The largest absolute Gasteiger partial charge is 0.507 e. The summed E-state index contributed by atoms with van der Waals surface area (Å²) in [5.41, 5.74) is 1.53. The van der Waals surface area contributed by atoms with Crippen LogP contribution in [0.15, 0.2) is 16.7 Å². The Morgan fingerprint density at radius 2 is 1.97 bits per heavy atom. The van der Waals surface area contributed by atoms with Gasteiger partial charge >= 0.3 is 0 Å². The van der Waals surface area contributed by atoms with Gasteiger partial charge in [-0.1, -0.05) is 34.1 Å². The normalized spacial score (nSPS) is 31.0. The zero-order valence-electron chi connectivity index (χ0n) is 19.4. The smallest absolute Gasteiger partial charge is 0.189 e. The number of aliphatic hydroxyl groups excluding tert-OH is 3.